The largest absolute Gasteiger partial charge is 0.497 e. The molecule has 2 aromatic carbocycles. The molecule has 3 amide bonds. The number of hydrazone groups is 1. The minimum Gasteiger partial charge on any atom is -0.497 e. The Morgan fingerprint density at radius 3 is 2.50 bits per heavy atom. The fraction of sp³-hybridized carbons (Fsp3) is 0.375. The summed E-state index contributed by atoms with van der Waals surface area (Å²) in [5.74, 6) is 1.21. The standard InChI is InChI=1S/C24H30N4O4/c1-5-13-25-24(30)27(2)16-23(29)28-22(17-9-11-19(31-3)12-10-17)15-21(26-28)18-7-6-8-20(14-18)32-4/h6-12,14,22H,5,13,15-16H2,1-4H3,(H,25,30). The van der Waals surface area contributed by atoms with Crippen LogP contribution in [0.3, 0.4) is 0 Å². The van der Waals surface area contributed by atoms with Gasteiger partial charge in [0.2, 0.25) is 0 Å². The average Bonchev–Trinajstić information content (AvgIpc) is 3.28. The maximum absolute atomic E-state index is 13.2. The fourth-order valence-corrected chi connectivity index (χ4v) is 3.52. The number of hydrogen-bond donors (Lipinski definition) is 1. The molecule has 1 unspecified atom stereocenters. The van der Waals surface area contributed by atoms with E-state index in [0.29, 0.717) is 13.0 Å². The smallest absolute Gasteiger partial charge is 0.317 e. The Kier molecular flexibility index (Phi) is 7.70. The zero-order chi connectivity index (χ0) is 23.1. The summed E-state index contributed by atoms with van der Waals surface area (Å²) >= 11 is 0. The third-order valence-electron chi connectivity index (χ3n) is 5.31. The maximum atomic E-state index is 13.2. The molecule has 8 heteroatoms. The Hall–Kier alpha value is -3.55. The molecule has 8 nitrogen and oxygen atoms in total. The average molecular weight is 439 g/mol. The molecule has 1 aliphatic rings. The summed E-state index contributed by atoms with van der Waals surface area (Å²) in [5, 5.41) is 8.93. The van der Waals surface area contributed by atoms with E-state index in [-0.39, 0.29) is 24.5 Å². The molecule has 1 aliphatic heterocycles. The SMILES string of the molecule is CCCNC(=O)N(C)CC(=O)N1N=C(c2cccc(OC)c2)CC1c1ccc(OC)cc1. The summed E-state index contributed by atoms with van der Waals surface area (Å²) in [4.78, 5) is 26.8. The number of amides is 3. The van der Waals surface area contributed by atoms with E-state index in [2.05, 4.69) is 10.4 Å². The zero-order valence-corrected chi connectivity index (χ0v) is 19.0. The van der Waals surface area contributed by atoms with Gasteiger partial charge in [0.25, 0.3) is 5.91 Å². The molecule has 0 fully saturated rings. The predicted molar refractivity (Wildman–Crippen MR) is 123 cm³/mol. The van der Waals surface area contributed by atoms with Gasteiger partial charge in [-0.25, -0.2) is 9.80 Å². The summed E-state index contributed by atoms with van der Waals surface area (Å²) in [7, 11) is 4.84. The van der Waals surface area contributed by atoms with Crippen LogP contribution in [0.4, 0.5) is 4.79 Å². The molecule has 170 valence electrons. The molecule has 0 aromatic heterocycles. The van der Waals surface area contributed by atoms with Crippen molar-refractivity contribution in [3.8, 4) is 11.5 Å². The van der Waals surface area contributed by atoms with Crippen molar-refractivity contribution in [3.05, 3.63) is 59.7 Å². The highest BCUT2D eigenvalue weighted by atomic mass is 16.5. The normalized spacial score (nSPS) is 15.2. The number of nitrogens with zero attached hydrogens (tertiary/aromatic N) is 3. The molecule has 0 radical (unpaired) electrons. The topological polar surface area (TPSA) is 83.5 Å². The molecule has 1 N–H and O–H groups in total. The molecule has 0 aliphatic carbocycles. The summed E-state index contributed by atoms with van der Waals surface area (Å²) in [5.41, 5.74) is 2.63. The van der Waals surface area contributed by atoms with Crippen LogP contribution in [-0.2, 0) is 4.79 Å². The molecule has 32 heavy (non-hydrogen) atoms. The van der Waals surface area contributed by atoms with Gasteiger partial charge in [0.1, 0.15) is 18.0 Å². The molecular formula is C24H30N4O4. The highest BCUT2D eigenvalue weighted by molar-refractivity contribution is 6.03. The monoisotopic (exact) mass is 438 g/mol. The van der Waals surface area contributed by atoms with Crippen molar-refractivity contribution in [3.63, 3.8) is 0 Å². The number of likely N-dealkylation sites (N-methyl/N-ethyl adjacent to an activating group) is 1. The molecular weight excluding hydrogens is 408 g/mol. The van der Waals surface area contributed by atoms with Crippen molar-refractivity contribution in [2.24, 2.45) is 5.10 Å². The van der Waals surface area contributed by atoms with Gasteiger partial charge < -0.3 is 19.7 Å². The third kappa shape index (κ3) is 5.38. The molecule has 0 bridgehead atoms. The van der Waals surface area contributed by atoms with E-state index in [4.69, 9.17) is 9.47 Å². The van der Waals surface area contributed by atoms with E-state index in [1.165, 1.54) is 9.91 Å². The van der Waals surface area contributed by atoms with Crippen LogP contribution in [0.1, 0.15) is 36.9 Å². The summed E-state index contributed by atoms with van der Waals surface area (Å²) in [6, 6.07) is 14.7. The van der Waals surface area contributed by atoms with Crippen LogP contribution in [0.25, 0.3) is 0 Å². The van der Waals surface area contributed by atoms with Gasteiger partial charge in [-0.15, -0.1) is 0 Å². The zero-order valence-electron chi connectivity index (χ0n) is 19.0. The summed E-state index contributed by atoms with van der Waals surface area (Å²) in [6.45, 7) is 2.47. The van der Waals surface area contributed by atoms with Crippen LogP contribution in [0.15, 0.2) is 53.6 Å². The van der Waals surface area contributed by atoms with E-state index < -0.39 is 0 Å². The first kappa shape index (κ1) is 23.1. The van der Waals surface area contributed by atoms with Crippen LogP contribution in [-0.4, -0.2) is 61.9 Å². The minimum absolute atomic E-state index is 0.0723. The molecule has 2 aromatic rings. The third-order valence-corrected chi connectivity index (χ3v) is 5.31. The first-order valence-electron chi connectivity index (χ1n) is 10.6. The van der Waals surface area contributed by atoms with Crippen molar-refractivity contribution >= 4 is 17.6 Å². The van der Waals surface area contributed by atoms with Crippen LogP contribution >= 0.6 is 0 Å². The van der Waals surface area contributed by atoms with E-state index in [1.54, 1.807) is 21.3 Å². The van der Waals surface area contributed by atoms with Gasteiger partial charge in [0, 0.05) is 25.6 Å². The Morgan fingerprint density at radius 2 is 1.84 bits per heavy atom. The fourth-order valence-electron chi connectivity index (χ4n) is 3.52. The van der Waals surface area contributed by atoms with E-state index >= 15 is 0 Å². The molecule has 3 rings (SSSR count). The van der Waals surface area contributed by atoms with Gasteiger partial charge >= 0.3 is 6.03 Å². The molecule has 0 saturated heterocycles. The van der Waals surface area contributed by atoms with Crippen molar-refractivity contribution in [2.75, 3.05) is 34.4 Å². The van der Waals surface area contributed by atoms with Crippen LogP contribution < -0.4 is 14.8 Å². The van der Waals surface area contributed by atoms with E-state index in [0.717, 1.165) is 34.8 Å². The molecule has 0 spiro atoms. The van der Waals surface area contributed by atoms with Gasteiger partial charge in [-0.2, -0.15) is 5.10 Å². The summed E-state index contributed by atoms with van der Waals surface area (Å²) in [6.07, 6.45) is 1.38. The number of benzene rings is 2. The second-order valence-electron chi connectivity index (χ2n) is 7.60. The van der Waals surface area contributed by atoms with Crippen LogP contribution in [0.2, 0.25) is 0 Å². The van der Waals surface area contributed by atoms with Gasteiger partial charge in [0.05, 0.1) is 26.0 Å². The number of hydrogen-bond acceptors (Lipinski definition) is 5. The Morgan fingerprint density at radius 1 is 1.12 bits per heavy atom. The van der Waals surface area contributed by atoms with Gasteiger partial charge in [0.15, 0.2) is 0 Å². The Balaban J connectivity index is 1.86. The van der Waals surface area contributed by atoms with Gasteiger partial charge in [-0.1, -0.05) is 31.2 Å². The highest BCUT2D eigenvalue weighted by Gasteiger charge is 2.34. The van der Waals surface area contributed by atoms with Crippen molar-refractivity contribution in [1.29, 1.82) is 0 Å². The van der Waals surface area contributed by atoms with Gasteiger partial charge in [-0.05, 0) is 36.2 Å². The second-order valence-corrected chi connectivity index (χ2v) is 7.60. The van der Waals surface area contributed by atoms with Gasteiger partial charge in [-0.3, -0.25) is 4.79 Å². The highest BCUT2D eigenvalue weighted by Crippen LogP contribution is 2.34. The first-order chi connectivity index (χ1) is 15.5. The summed E-state index contributed by atoms with van der Waals surface area (Å²) < 4.78 is 10.6. The van der Waals surface area contributed by atoms with Crippen molar-refractivity contribution in [1.82, 2.24) is 15.2 Å². The number of carbonyl (C=O) groups is 2. The lowest BCUT2D eigenvalue weighted by Gasteiger charge is -2.25. The molecule has 1 heterocycles. The van der Waals surface area contributed by atoms with E-state index in [9.17, 15) is 9.59 Å². The van der Waals surface area contributed by atoms with Crippen LogP contribution in [0, 0.1) is 0 Å². The molecule has 1 atom stereocenters. The number of methoxy groups -OCH3 is 2. The second kappa shape index (κ2) is 10.7. The lowest BCUT2D eigenvalue weighted by Crippen LogP contribution is -2.43. The predicted octanol–water partition coefficient (Wildman–Crippen LogP) is 3.43. The number of carbonyl (C=O) groups excluding carboxylic acids is 2. The molecule has 0 saturated carbocycles. The van der Waals surface area contributed by atoms with Crippen molar-refractivity contribution < 1.29 is 19.1 Å². The van der Waals surface area contributed by atoms with E-state index in [1.807, 2.05) is 55.5 Å². The Bertz CT molecular complexity index is 974. The number of ether oxygens (including phenoxy) is 2. The number of urea groups is 1. The van der Waals surface area contributed by atoms with Crippen LogP contribution in [0.5, 0.6) is 11.5 Å². The number of nitrogens with one attached hydrogen (secondary N) is 1. The number of rotatable bonds is 8. The quantitative estimate of drug-likeness (QED) is 0.684. The Labute approximate surface area is 188 Å². The lowest BCUT2D eigenvalue weighted by molar-refractivity contribution is -0.133. The first-order valence-corrected chi connectivity index (χ1v) is 10.6. The minimum atomic E-state index is -0.280. The maximum Gasteiger partial charge on any atom is 0.317 e. The van der Waals surface area contributed by atoms with Crippen molar-refractivity contribution in [2.45, 2.75) is 25.8 Å². The lowest BCUT2D eigenvalue weighted by atomic mass is 9.98.